The molecule has 0 amide bonds. The number of aromatic nitrogens is 1. The normalized spacial score (nSPS) is 10.9. The van der Waals surface area contributed by atoms with Crippen LogP contribution in [0.4, 0.5) is 0 Å². The molecule has 0 aliphatic rings. The Morgan fingerprint density at radius 3 is 2.50 bits per heavy atom. The Labute approximate surface area is 106 Å². The zero-order chi connectivity index (χ0) is 12.5. The fourth-order valence-corrected chi connectivity index (χ4v) is 2.38. The molecule has 0 atom stereocenters. The van der Waals surface area contributed by atoms with Crippen LogP contribution in [0.15, 0.2) is 54.7 Å². The molecular formula is C16H15NO. The first-order chi connectivity index (χ1) is 8.75. The van der Waals surface area contributed by atoms with Gasteiger partial charge < -0.3 is 9.67 Å². The van der Waals surface area contributed by atoms with Crippen molar-refractivity contribution in [2.45, 2.75) is 13.5 Å². The summed E-state index contributed by atoms with van der Waals surface area (Å²) in [5, 5.41) is 12.3. The third-order valence-corrected chi connectivity index (χ3v) is 3.29. The lowest BCUT2D eigenvalue weighted by molar-refractivity contribution is 0.430. The van der Waals surface area contributed by atoms with E-state index in [4.69, 9.17) is 0 Å². The summed E-state index contributed by atoms with van der Waals surface area (Å²) in [6, 6.07) is 16.2. The zero-order valence-corrected chi connectivity index (χ0v) is 10.3. The predicted octanol–water partition coefficient (Wildman–Crippen LogP) is 3.70. The van der Waals surface area contributed by atoms with Crippen molar-refractivity contribution >= 4 is 10.8 Å². The third kappa shape index (κ3) is 1.76. The fraction of sp³-hybridized carbons (Fsp3) is 0.125. The summed E-state index contributed by atoms with van der Waals surface area (Å²) in [6.07, 6.45) is 2.00. The van der Waals surface area contributed by atoms with Crippen LogP contribution in [0.3, 0.4) is 0 Å². The first-order valence-electron chi connectivity index (χ1n) is 6.07. The number of aromatic hydroxyl groups is 1. The van der Waals surface area contributed by atoms with Crippen LogP contribution in [0.2, 0.25) is 0 Å². The molecule has 0 saturated carbocycles. The third-order valence-electron chi connectivity index (χ3n) is 3.29. The Hall–Kier alpha value is -2.22. The van der Waals surface area contributed by atoms with E-state index in [0.717, 1.165) is 16.3 Å². The van der Waals surface area contributed by atoms with Crippen LogP contribution in [0.5, 0.6) is 5.88 Å². The van der Waals surface area contributed by atoms with Gasteiger partial charge in [0.2, 0.25) is 0 Å². The first-order valence-corrected chi connectivity index (χ1v) is 6.07. The van der Waals surface area contributed by atoms with E-state index >= 15 is 0 Å². The highest BCUT2D eigenvalue weighted by atomic mass is 16.3. The minimum atomic E-state index is 0.354. The summed E-state index contributed by atoms with van der Waals surface area (Å²) in [7, 11) is 0. The number of rotatable bonds is 2. The summed E-state index contributed by atoms with van der Waals surface area (Å²) < 4.78 is 1.90. The number of hydrogen-bond donors (Lipinski definition) is 1. The van der Waals surface area contributed by atoms with E-state index in [2.05, 4.69) is 12.1 Å². The second-order valence-corrected chi connectivity index (χ2v) is 4.61. The minimum Gasteiger partial charge on any atom is -0.494 e. The van der Waals surface area contributed by atoms with E-state index in [1.54, 1.807) is 0 Å². The Balaban J connectivity index is 2.08. The molecule has 2 nitrogen and oxygen atoms in total. The lowest BCUT2D eigenvalue weighted by atomic mass is 10.1. The molecule has 3 aromatic rings. The molecule has 2 heteroatoms. The van der Waals surface area contributed by atoms with Crippen molar-refractivity contribution in [1.29, 1.82) is 0 Å². The SMILES string of the molecule is Cc1cccc2cn(Cc3ccccc3)c(O)c12. The average molecular weight is 237 g/mol. The highest BCUT2D eigenvalue weighted by Crippen LogP contribution is 2.30. The largest absolute Gasteiger partial charge is 0.494 e. The molecule has 90 valence electrons. The highest BCUT2D eigenvalue weighted by Gasteiger charge is 2.09. The van der Waals surface area contributed by atoms with Gasteiger partial charge in [0.05, 0.1) is 6.54 Å². The maximum atomic E-state index is 10.3. The second kappa shape index (κ2) is 4.22. The van der Waals surface area contributed by atoms with Crippen molar-refractivity contribution < 1.29 is 5.11 Å². The van der Waals surface area contributed by atoms with Gasteiger partial charge in [0.15, 0.2) is 5.88 Å². The van der Waals surface area contributed by atoms with Crippen LogP contribution in [-0.4, -0.2) is 9.67 Å². The average Bonchev–Trinajstić information content (AvgIpc) is 2.69. The van der Waals surface area contributed by atoms with Crippen LogP contribution in [0.1, 0.15) is 11.1 Å². The highest BCUT2D eigenvalue weighted by molar-refractivity contribution is 5.90. The summed E-state index contributed by atoms with van der Waals surface area (Å²) in [6.45, 7) is 2.72. The molecule has 0 fully saturated rings. The number of benzene rings is 2. The smallest absolute Gasteiger partial charge is 0.199 e. The molecule has 2 aromatic carbocycles. The van der Waals surface area contributed by atoms with E-state index < -0.39 is 0 Å². The molecule has 0 bridgehead atoms. The van der Waals surface area contributed by atoms with E-state index in [0.29, 0.717) is 12.4 Å². The second-order valence-electron chi connectivity index (χ2n) is 4.61. The minimum absolute atomic E-state index is 0.354. The standard InChI is InChI=1S/C16H15NO/c1-12-6-5-9-14-11-17(16(18)15(12)14)10-13-7-3-2-4-8-13/h2-9,11,18H,10H2,1H3. The molecule has 1 heterocycles. The maximum Gasteiger partial charge on any atom is 0.199 e. The molecule has 0 unspecified atom stereocenters. The molecule has 0 spiro atoms. The molecular weight excluding hydrogens is 222 g/mol. The van der Waals surface area contributed by atoms with Crippen LogP contribution < -0.4 is 0 Å². The lowest BCUT2D eigenvalue weighted by Crippen LogP contribution is -1.96. The van der Waals surface area contributed by atoms with Crippen molar-refractivity contribution in [3.05, 3.63) is 65.9 Å². The van der Waals surface area contributed by atoms with Gasteiger partial charge in [0.1, 0.15) is 0 Å². The topological polar surface area (TPSA) is 25.2 Å². The van der Waals surface area contributed by atoms with E-state index in [1.165, 1.54) is 5.56 Å². The number of nitrogens with zero attached hydrogens (tertiary/aromatic N) is 1. The quantitative estimate of drug-likeness (QED) is 0.722. The van der Waals surface area contributed by atoms with E-state index in [-0.39, 0.29) is 0 Å². The Morgan fingerprint density at radius 1 is 1.00 bits per heavy atom. The molecule has 1 aromatic heterocycles. The van der Waals surface area contributed by atoms with Crippen LogP contribution in [0.25, 0.3) is 10.8 Å². The van der Waals surface area contributed by atoms with Crippen molar-refractivity contribution in [3.8, 4) is 5.88 Å². The van der Waals surface area contributed by atoms with Crippen molar-refractivity contribution in [3.63, 3.8) is 0 Å². The molecule has 0 saturated heterocycles. The Bertz CT molecular complexity index is 683. The summed E-state index contributed by atoms with van der Waals surface area (Å²) >= 11 is 0. The Kier molecular flexibility index (Phi) is 2.56. The molecule has 1 N–H and O–H groups in total. The predicted molar refractivity (Wildman–Crippen MR) is 73.9 cm³/mol. The van der Waals surface area contributed by atoms with Gasteiger partial charge in [-0.05, 0) is 18.1 Å². The van der Waals surface area contributed by atoms with Gasteiger partial charge in [0, 0.05) is 17.0 Å². The summed E-state index contributed by atoms with van der Waals surface area (Å²) in [5.41, 5.74) is 2.29. The fourth-order valence-electron chi connectivity index (χ4n) is 2.38. The number of hydrogen-bond acceptors (Lipinski definition) is 1. The van der Waals surface area contributed by atoms with E-state index in [9.17, 15) is 5.11 Å². The molecule has 0 aliphatic heterocycles. The molecule has 3 rings (SSSR count). The van der Waals surface area contributed by atoms with Crippen LogP contribution in [-0.2, 0) is 6.54 Å². The van der Waals surface area contributed by atoms with Gasteiger partial charge in [-0.2, -0.15) is 0 Å². The molecule has 0 aliphatic carbocycles. The zero-order valence-electron chi connectivity index (χ0n) is 10.3. The molecule has 0 radical (unpaired) electrons. The van der Waals surface area contributed by atoms with Gasteiger partial charge in [-0.25, -0.2) is 0 Å². The van der Waals surface area contributed by atoms with Gasteiger partial charge in [-0.1, -0.05) is 48.5 Å². The Morgan fingerprint density at radius 2 is 1.78 bits per heavy atom. The van der Waals surface area contributed by atoms with Gasteiger partial charge >= 0.3 is 0 Å². The lowest BCUT2D eigenvalue weighted by Gasteiger charge is -2.05. The number of aryl methyl sites for hydroxylation is 1. The van der Waals surface area contributed by atoms with Crippen molar-refractivity contribution in [2.24, 2.45) is 0 Å². The van der Waals surface area contributed by atoms with Gasteiger partial charge in [0.25, 0.3) is 0 Å². The van der Waals surface area contributed by atoms with Gasteiger partial charge in [-0.3, -0.25) is 0 Å². The van der Waals surface area contributed by atoms with E-state index in [1.807, 2.05) is 54.1 Å². The van der Waals surface area contributed by atoms with Crippen molar-refractivity contribution in [1.82, 2.24) is 4.57 Å². The maximum absolute atomic E-state index is 10.3. The molecule has 18 heavy (non-hydrogen) atoms. The van der Waals surface area contributed by atoms with Crippen LogP contribution >= 0.6 is 0 Å². The summed E-state index contributed by atoms with van der Waals surface area (Å²) in [5.74, 6) is 0.354. The number of fused-ring (bicyclic) bond motifs is 1. The first kappa shape index (κ1) is 10.9. The van der Waals surface area contributed by atoms with Crippen molar-refractivity contribution in [2.75, 3.05) is 0 Å². The summed E-state index contributed by atoms with van der Waals surface area (Å²) in [4.78, 5) is 0. The van der Waals surface area contributed by atoms with Gasteiger partial charge in [-0.15, -0.1) is 0 Å². The van der Waals surface area contributed by atoms with Crippen LogP contribution in [0, 0.1) is 6.92 Å². The monoisotopic (exact) mass is 237 g/mol.